The van der Waals surface area contributed by atoms with E-state index in [2.05, 4.69) is 0 Å². The maximum Gasteiger partial charge on any atom is 0.255 e. The Labute approximate surface area is 110 Å². The van der Waals surface area contributed by atoms with Crippen LogP contribution < -0.4 is 5.73 Å². The normalized spacial score (nSPS) is 10.5. The summed E-state index contributed by atoms with van der Waals surface area (Å²) in [6.07, 6.45) is 2.20. The van der Waals surface area contributed by atoms with Crippen LogP contribution in [0.3, 0.4) is 0 Å². The van der Waals surface area contributed by atoms with Crippen LogP contribution in [0.2, 0.25) is 0 Å². The van der Waals surface area contributed by atoms with Crippen molar-refractivity contribution in [3.05, 3.63) is 29.3 Å². The van der Waals surface area contributed by atoms with Crippen molar-refractivity contribution < 1.29 is 18.7 Å². The molecule has 106 valence electrons. The summed E-state index contributed by atoms with van der Waals surface area (Å²) in [6.45, 7) is 0.588. The van der Waals surface area contributed by atoms with Crippen LogP contribution in [0.1, 0.15) is 29.6 Å². The molecule has 1 rings (SSSR count). The lowest BCUT2D eigenvalue weighted by molar-refractivity contribution is 0.0792. The average molecular weight is 272 g/mol. The first-order valence-electron chi connectivity index (χ1n) is 6.08. The van der Waals surface area contributed by atoms with Crippen LogP contribution in [0, 0.1) is 11.6 Å². The molecule has 0 spiro atoms. The highest BCUT2D eigenvalue weighted by Crippen LogP contribution is 2.18. The van der Waals surface area contributed by atoms with E-state index in [-0.39, 0.29) is 17.9 Å². The molecule has 0 aliphatic rings. The standard InChI is InChI=1S/C13H18F2N2O2/c1-17(5-3-2-4-6-18)13(19)9-7-10(14)11(15)8-12(9)16/h7-8,18H,2-6,16H2,1H3. The predicted molar refractivity (Wildman–Crippen MR) is 68.7 cm³/mol. The Hall–Kier alpha value is -1.69. The Morgan fingerprint density at radius 1 is 1.26 bits per heavy atom. The third-order valence-corrected chi connectivity index (χ3v) is 2.82. The van der Waals surface area contributed by atoms with Crippen LogP contribution in [0.15, 0.2) is 12.1 Å². The molecule has 19 heavy (non-hydrogen) atoms. The van der Waals surface area contributed by atoms with Gasteiger partial charge in [-0.2, -0.15) is 0 Å². The molecule has 0 atom stereocenters. The Kier molecular flexibility index (Phi) is 5.69. The fraction of sp³-hybridized carbons (Fsp3) is 0.462. The first-order chi connectivity index (χ1) is 8.97. The third-order valence-electron chi connectivity index (χ3n) is 2.82. The molecule has 0 saturated heterocycles. The highest BCUT2D eigenvalue weighted by Gasteiger charge is 2.17. The van der Waals surface area contributed by atoms with Crippen molar-refractivity contribution >= 4 is 11.6 Å². The quantitative estimate of drug-likeness (QED) is 0.613. The van der Waals surface area contributed by atoms with E-state index in [1.807, 2.05) is 0 Å². The van der Waals surface area contributed by atoms with Gasteiger partial charge in [0, 0.05) is 32.0 Å². The number of aliphatic hydroxyl groups is 1. The van der Waals surface area contributed by atoms with E-state index in [0.717, 1.165) is 25.0 Å². The summed E-state index contributed by atoms with van der Waals surface area (Å²) in [6, 6.07) is 1.62. The number of halogens is 2. The second-order valence-corrected chi connectivity index (χ2v) is 4.36. The Morgan fingerprint density at radius 2 is 1.89 bits per heavy atom. The topological polar surface area (TPSA) is 66.6 Å². The van der Waals surface area contributed by atoms with Crippen LogP contribution in [-0.2, 0) is 0 Å². The molecule has 1 amide bonds. The van der Waals surface area contributed by atoms with E-state index in [4.69, 9.17) is 10.8 Å². The van der Waals surface area contributed by atoms with Crippen LogP contribution in [-0.4, -0.2) is 36.1 Å². The van der Waals surface area contributed by atoms with Gasteiger partial charge in [0.05, 0.1) is 5.56 Å². The van der Waals surface area contributed by atoms with Crippen molar-refractivity contribution in [2.24, 2.45) is 0 Å². The smallest absolute Gasteiger partial charge is 0.255 e. The van der Waals surface area contributed by atoms with Gasteiger partial charge in [-0.25, -0.2) is 8.78 Å². The van der Waals surface area contributed by atoms with Gasteiger partial charge in [0.1, 0.15) is 0 Å². The number of amides is 1. The number of unbranched alkanes of at least 4 members (excludes halogenated alkanes) is 2. The van der Waals surface area contributed by atoms with E-state index >= 15 is 0 Å². The minimum absolute atomic E-state index is 0.0384. The van der Waals surface area contributed by atoms with Gasteiger partial charge in [0.15, 0.2) is 11.6 Å². The monoisotopic (exact) mass is 272 g/mol. The minimum Gasteiger partial charge on any atom is -0.398 e. The number of carbonyl (C=O) groups is 1. The molecular weight excluding hydrogens is 254 g/mol. The average Bonchev–Trinajstić information content (AvgIpc) is 2.38. The van der Waals surface area contributed by atoms with E-state index < -0.39 is 17.5 Å². The fourth-order valence-electron chi connectivity index (χ4n) is 1.69. The number of nitrogens with zero attached hydrogens (tertiary/aromatic N) is 1. The maximum atomic E-state index is 13.1. The Bertz CT molecular complexity index is 453. The van der Waals surface area contributed by atoms with Gasteiger partial charge in [-0.3, -0.25) is 4.79 Å². The Balaban J connectivity index is 2.69. The SMILES string of the molecule is CN(CCCCCO)C(=O)c1cc(F)c(F)cc1N. The van der Waals surface area contributed by atoms with E-state index in [9.17, 15) is 13.6 Å². The van der Waals surface area contributed by atoms with Crippen molar-refractivity contribution in [3.63, 3.8) is 0 Å². The molecule has 0 unspecified atom stereocenters. The second kappa shape index (κ2) is 7.04. The van der Waals surface area contributed by atoms with Gasteiger partial charge >= 0.3 is 0 Å². The Morgan fingerprint density at radius 3 is 2.53 bits per heavy atom. The van der Waals surface area contributed by atoms with Crippen molar-refractivity contribution in [3.8, 4) is 0 Å². The molecule has 0 aromatic heterocycles. The third kappa shape index (κ3) is 4.17. The largest absolute Gasteiger partial charge is 0.398 e. The second-order valence-electron chi connectivity index (χ2n) is 4.36. The zero-order valence-corrected chi connectivity index (χ0v) is 10.8. The number of rotatable bonds is 6. The van der Waals surface area contributed by atoms with Crippen molar-refractivity contribution in [2.75, 3.05) is 25.9 Å². The molecule has 0 heterocycles. The number of carbonyl (C=O) groups excluding carboxylic acids is 1. The van der Waals surface area contributed by atoms with Crippen LogP contribution >= 0.6 is 0 Å². The summed E-state index contributed by atoms with van der Waals surface area (Å²) < 4.78 is 26.0. The number of anilines is 1. The van der Waals surface area contributed by atoms with Crippen LogP contribution in [0.25, 0.3) is 0 Å². The number of nitrogen functional groups attached to an aromatic ring is 1. The fourth-order valence-corrected chi connectivity index (χ4v) is 1.69. The van der Waals surface area contributed by atoms with Gasteiger partial charge in [0.25, 0.3) is 5.91 Å². The van der Waals surface area contributed by atoms with Crippen LogP contribution in [0.5, 0.6) is 0 Å². The maximum absolute atomic E-state index is 13.1. The summed E-state index contributed by atoms with van der Waals surface area (Å²) in [5.74, 6) is -2.61. The molecule has 1 aromatic carbocycles. The first-order valence-corrected chi connectivity index (χ1v) is 6.08. The van der Waals surface area contributed by atoms with Gasteiger partial charge in [0.2, 0.25) is 0 Å². The van der Waals surface area contributed by atoms with Gasteiger partial charge in [-0.05, 0) is 25.3 Å². The van der Waals surface area contributed by atoms with Gasteiger partial charge in [-0.1, -0.05) is 0 Å². The molecule has 0 radical (unpaired) electrons. The lowest BCUT2D eigenvalue weighted by Crippen LogP contribution is -2.28. The number of aliphatic hydroxyl groups excluding tert-OH is 1. The van der Waals surface area contributed by atoms with E-state index in [0.29, 0.717) is 13.0 Å². The van der Waals surface area contributed by atoms with Crippen molar-refractivity contribution in [2.45, 2.75) is 19.3 Å². The molecule has 0 aliphatic heterocycles. The summed E-state index contributed by atoms with van der Waals surface area (Å²) >= 11 is 0. The molecule has 6 heteroatoms. The summed E-state index contributed by atoms with van der Waals surface area (Å²) in [5, 5.41) is 8.64. The lowest BCUT2D eigenvalue weighted by atomic mass is 10.1. The number of nitrogens with two attached hydrogens (primary N) is 1. The molecule has 3 N–H and O–H groups in total. The van der Waals surface area contributed by atoms with Crippen molar-refractivity contribution in [1.29, 1.82) is 0 Å². The molecule has 0 bridgehead atoms. The molecule has 0 fully saturated rings. The highest BCUT2D eigenvalue weighted by atomic mass is 19.2. The number of hydrogen-bond donors (Lipinski definition) is 2. The lowest BCUT2D eigenvalue weighted by Gasteiger charge is -2.18. The highest BCUT2D eigenvalue weighted by molar-refractivity contribution is 5.99. The van der Waals surface area contributed by atoms with Crippen LogP contribution in [0.4, 0.5) is 14.5 Å². The molecule has 4 nitrogen and oxygen atoms in total. The predicted octanol–water partition coefficient (Wildman–Crippen LogP) is 1.78. The van der Waals surface area contributed by atoms with E-state index in [1.165, 1.54) is 4.90 Å². The number of benzene rings is 1. The molecule has 0 aliphatic carbocycles. The van der Waals surface area contributed by atoms with Crippen molar-refractivity contribution in [1.82, 2.24) is 4.90 Å². The molecular formula is C13H18F2N2O2. The van der Waals surface area contributed by atoms with Gasteiger partial charge < -0.3 is 15.7 Å². The molecule has 0 saturated carbocycles. The zero-order chi connectivity index (χ0) is 14.4. The zero-order valence-electron chi connectivity index (χ0n) is 10.8. The minimum atomic E-state index is -1.09. The van der Waals surface area contributed by atoms with Gasteiger partial charge in [-0.15, -0.1) is 0 Å². The first kappa shape index (κ1) is 15.4. The van der Waals surface area contributed by atoms with E-state index in [1.54, 1.807) is 7.05 Å². The number of hydrogen-bond acceptors (Lipinski definition) is 3. The summed E-state index contributed by atoms with van der Waals surface area (Å²) in [5.41, 5.74) is 5.40. The summed E-state index contributed by atoms with van der Waals surface area (Å²) in [7, 11) is 1.57. The molecule has 1 aromatic rings. The summed E-state index contributed by atoms with van der Waals surface area (Å²) in [4.78, 5) is 13.4.